The molecule has 0 saturated carbocycles. The standard InChI is InChI=1S/C8H11B2NO2/c9-8(10)4-13-7-2-1-5(12)3-6(7)11-8/h1-3,11-12H,4,9-10H2. The number of rotatable bonds is 0. The lowest BCUT2D eigenvalue weighted by Gasteiger charge is -2.34. The van der Waals surface area contributed by atoms with Crippen LogP contribution in [-0.2, 0) is 0 Å². The number of hydrogen-bond acceptors (Lipinski definition) is 3. The van der Waals surface area contributed by atoms with Gasteiger partial charge in [-0.1, -0.05) is 0 Å². The van der Waals surface area contributed by atoms with E-state index in [0.717, 1.165) is 11.4 Å². The maximum absolute atomic E-state index is 9.26. The van der Waals surface area contributed by atoms with Gasteiger partial charge in [-0.05, 0) is 12.1 Å². The average Bonchev–Trinajstić information content (AvgIpc) is 2.01. The van der Waals surface area contributed by atoms with Crippen molar-refractivity contribution in [2.75, 3.05) is 11.9 Å². The van der Waals surface area contributed by atoms with E-state index in [0.29, 0.717) is 6.61 Å². The fourth-order valence-corrected chi connectivity index (χ4v) is 1.40. The van der Waals surface area contributed by atoms with E-state index in [9.17, 15) is 5.11 Å². The van der Waals surface area contributed by atoms with Gasteiger partial charge < -0.3 is 15.2 Å². The van der Waals surface area contributed by atoms with Gasteiger partial charge in [-0.3, -0.25) is 0 Å². The summed E-state index contributed by atoms with van der Waals surface area (Å²) in [5, 5.41) is 12.5. The number of aromatic hydroxyl groups is 1. The first kappa shape index (κ1) is 8.35. The minimum atomic E-state index is -0.0687. The number of nitrogens with one attached hydrogen (secondary N) is 1. The van der Waals surface area contributed by atoms with E-state index in [1.807, 2.05) is 0 Å². The van der Waals surface area contributed by atoms with Gasteiger partial charge in [0.1, 0.15) is 27.2 Å². The summed E-state index contributed by atoms with van der Waals surface area (Å²) in [5.41, 5.74) is 0.858. The Hall–Kier alpha value is -1.25. The van der Waals surface area contributed by atoms with E-state index in [-0.39, 0.29) is 11.1 Å². The van der Waals surface area contributed by atoms with Gasteiger partial charge in [0.15, 0.2) is 0 Å². The van der Waals surface area contributed by atoms with E-state index in [1.54, 1.807) is 18.2 Å². The van der Waals surface area contributed by atoms with Gasteiger partial charge in [0.05, 0.1) is 12.3 Å². The van der Waals surface area contributed by atoms with Crippen molar-refractivity contribution in [3.63, 3.8) is 0 Å². The molecule has 1 aliphatic heterocycles. The second-order valence-corrected chi connectivity index (χ2v) is 3.98. The number of anilines is 1. The Labute approximate surface area is 78.9 Å². The maximum atomic E-state index is 9.26. The summed E-state index contributed by atoms with van der Waals surface area (Å²) in [6.45, 7) is 0.644. The zero-order valence-electron chi connectivity index (χ0n) is 7.79. The van der Waals surface area contributed by atoms with Crippen LogP contribution in [0.4, 0.5) is 5.69 Å². The predicted molar refractivity (Wildman–Crippen MR) is 57.0 cm³/mol. The largest absolute Gasteiger partial charge is 0.508 e. The number of benzene rings is 1. The highest BCUT2D eigenvalue weighted by atomic mass is 16.5. The second-order valence-electron chi connectivity index (χ2n) is 3.98. The first-order chi connectivity index (χ1) is 6.07. The summed E-state index contributed by atoms with van der Waals surface area (Å²) in [5.74, 6) is 1.06. The third kappa shape index (κ3) is 1.59. The van der Waals surface area contributed by atoms with Gasteiger partial charge in [-0.15, -0.1) is 0 Å². The molecule has 66 valence electrons. The minimum absolute atomic E-state index is 0.0687. The topological polar surface area (TPSA) is 41.5 Å². The van der Waals surface area contributed by atoms with E-state index in [2.05, 4.69) is 21.0 Å². The van der Waals surface area contributed by atoms with Crippen LogP contribution in [0.1, 0.15) is 0 Å². The van der Waals surface area contributed by atoms with Crippen LogP contribution in [0, 0.1) is 0 Å². The monoisotopic (exact) mass is 175 g/mol. The Morgan fingerprint density at radius 3 is 3.00 bits per heavy atom. The molecule has 13 heavy (non-hydrogen) atoms. The summed E-state index contributed by atoms with van der Waals surface area (Å²) in [7, 11) is 4.11. The molecule has 1 heterocycles. The van der Waals surface area contributed by atoms with Crippen LogP contribution in [0.5, 0.6) is 11.5 Å². The highest BCUT2D eigenvalue weighted by Gasteiger charge is 2.25. The normalized spacial score (nSPS) is 18.2. The van der Waals surface area contributed by atoms with Crippen molar-refractivity contribution < 1.29 is 9.84 Å². The summed E-state index contributed by atoms with van der Waals surface area (Å²) in [6, 6.07) is 5.07. The first-order valence-electron chi connectivity index (χ1n) is 4.31. The lowest BCUT2D eigenvalue weighted by atomic mass is 9.62. The minimum Gasteiger partial charge on any atom is -0.508 e. The van der Waals surface area contributed by atoms with Crippen LogP contribution in [0.25, 0.3) is 0 Å². The summed E-state index contributed by atoms with van der Waals surface area (Å²) in [4.78, 5) is 0. The van der Waals surface area contributed by atoms with Crippen molar-refractivity contribution in [2.24, 2.45) is 0 Å². The van der Waals surface area contributed by atoms with Crippen molar-refractivity contribution in [1.29, 1.82) is 0 Å². The zero-order chi connectivity index (χ0) is 9.47. The van der Waals surface area contributed by atoms with Crippen molar-refractivity contribution >= 4 is 21.4 Å². The maximum Gasteiger partial charge on any atom is 0.142 e. The van der Waals surface area contributed by atoms with Crippen LogP contribution in [0.3, 0.4) is 0 Å². The van der Waals surface area contributed by atoms with Gasteiger partial charge in [-0.2, -0.15) is 0 Å². The van der Waals surface area contributed by atoms with Gasteiger partial charge in [0.2, 0.25) is 0 Å². The predicted octanol–water partition coefficient (Wildman–Crippen LogP) is -0.884. The Morgan fingerprint density at radius 1 is 1.46 bits per heavy atom. The number of phenols is 1. The summed E-state index contributed by atoms with van der Waals surface area (Å²) < 4.78 is 5.52. The van der Waals surface area contributed by atoms with Gasteiger partial charge in [-0.25, -0.2) is 0 Å². The van der Waals surface area contributed by atoms with Crippen molar-refractivity contribution in [1.82, 2.24) is 0 Å². The SMILES string of the molecule is BC1(B)COc2ccc(O)cc2N1. The molecular formula is C8H11B2NO2. The Kier molecular flexibility index (Phi) is 1.68. The highest BCUT2D eigenvalue weighted by molar-refractivity contribution is 6.42. The molecule has 0 fully saturated rings. The Balaban J connectivity index is 2.38. The van der Waals surface area contributed by atoms with Gasteiger partial charge in [0.25, 0.3) is 0 Å². The van der Waals surface area contributed by atoms with E-state index in [1.165, 1.54) is 0 Å². The Morgan fingerprint density at radius 2 is 2.23 bits per heavy atom. The fraction of sp³-hybridized carbons (Fsp3) is 0.250. The molecule has 2 rings (SSSR count). The molecule has 0 aromatic heterocycles. The Bertz CT molecular complexity index is 341. The highest BCUT2D eigenvalue weighted by Crippen LogP contribution is 2.33. The molecule has 0 aliphatic carbocycles. The molecule has 0 amide bonds. The van der Waals surface area contributed by atoms with Crippen LogP contribution >= 0.6 is 0 Å². The van der Waals surface area contributed by atoms with Crippen LogP contribution in [-0.4, -0.2) is 32.7 Å². The van der Waals surface area contributed by atoms with Crippen molar-refractivity contribution in [2.45, 2.75) is 5.34 Å². The molecule has 1 aromatic carbocycles. The molecule has 0 radical (unpaired) electrons. The van der Waals surface area contributed by atoms with Crippen molar-refractivity contribution in [3.05, 3.63) is 18.2 Å². The molecule has 2 N–H and O–H groups in total. The molecular weight excluding hydrogens is 164 g/mol. The lowest BCUT2D eigenvalue weighted by Crippen LogP contribution is -2.47. The quantitative estimate of drug-likeness (QED) is 0.502. The third-order valence-electron chi connectivity index (χ3n) is 2.02. The number of hydrogen-bond donors (Lipinski definition) is 2. The molecule has 0 unspecified atom stereocenters. The third-order valence-corrected chi connectivity index (χ3v) is 2.02. The molecule has 1 aliphatic rings. The molecule has 0 spiro atoms. The number of ether oxygens (including phenoxy) is 1. The van der Waals surface area contributed by atoms with Crippen LogP contribution in [0.2, 0.25) is 0 Å². The number of fused-ring (bicyclic) bond motifs is 1. The van der Waals surface area contributed by atoms with Crippen LogP contribution in [0.15, 0.2) is 18.2 Å². The molecule has 0 saturated heterocycles. The lowest BCUT2D eigenvalue weighted by molar-refractivity contribution is 0.298. The first-order valence-corrected chi connectivity index (χ1v) is 4.31. The van der Waals surface area contributed by atoms with E-state index < -0.39 is 0 Å². The molecule has 3 nitrogen and oxygen atoms in total. The number of phenolic OH excluding ortho intramolecular Hbond substituents is 1. The van der Waals surface area contributed by atoms with Crippen LogP contribution < -0.4 is 10.1 Å². The van der Waals surface area contributed by atoms with E-state index in [4.69, 9.17) is 4.74 Å². The summed E-state index contributed by atoms with van der Waals surface area (Å²) in [6.07, 6.45) is 0. The summed E-state index contributed by atoms with van der Waals surface area (Å²) >= 11 is 0. The van der Waals surface area contributed by atoms with Gasteiger partial charge >= 0.3 is 0 Å². The molecule has 5 heteroatoms. The van der Waals surface area contributed by atoms with E-state index >= 15 is 0 Å². The fourth-order valence-electron chi connectivity index (χ4n) is 1.40. The van der Waals surface area contributed by atoms with Crippen molar-refractivity contribution in [3.8, 4) is 11.5 Å². The van der Waals surface area contributed by atoms with Gasteiger partial charge in [0, 0.05) is 11.4 Å². The zero-order valence-corrected chi connectivity index (χ0v) is 7.79. The average molecular weight is 175 g/mol. The smallest absolute Gasteiger partial charge is 0.142 e. The molecule has 1 aromatic rings. The second kappa shape index (κ2) is 2.62. The molecule has 0 bridgehead atoms. The molecule has 0 atom stereocenters.